The van der Waals surface area contributed by atoms with Crippen molar-refractivity contribution in [1.29, 1.82) is 0 Å². The van der Waals surface area contributed by atoms with Gasteiger partial charge in [-0.3, -0.25) is 4.90 Å². The summed E-state index contributed by atoms with van der Waals surface area (Å²) in [6.07, 6.45) is -1.91. The van der Waals surface area contributed by atoms with E-state index in [1.807, 2.05) is 6.07 Å². The minimum absolute atomic E-state index is 0.0890. The van der Waals surface area contributed by atoms with Gasteiger partial charge in [-0.25, -0.2) is 9.37 Å². The summed E-state index contributed by atoms with van der Waals surface area (Å²) >= 11 is 0.628. The van der Waals surface area contributed by atoms with E-state index >= 15 is 0 Å². The first-order valence-electron chi connectivity index (χ1n) is 8.19. The van der Waals surface area contributed by atoms with Crippen LogP contribution in [0.4, 0.5) is 22.7 Å². The maximum absolute atomic E-state index is 13.8. The monoisotopic (exact) mass is 389 g/mol. The van der Waals surface area contributed by atoms with Gasteiger partial charge in [-0.1, -0.05) is 17.4 Å². The molecule has 1 aromatic carbocycles. The highest BCUT2D eigenvalue weighted by molar-refractivity contribution is 7.15. The second kappa shape index (κ2) is 7.79. The Bertz CT molecular complexity index is 742. The lowest BCUT2D eigenvalue weighted by Gasteiger charge is -2.32. The van der Waals surface area contributed by atoms with Gasteiger partial charge in [0.05, 0.1) is 13.3 Å². The number of ether oxygens (including phenoxy) is 1. The lowest BCUT2D eigenvalue weighted by atomic mass is 10.0. The van der Waals surface area contributed by atoms with Crippen molar-refractivity contribution < 1.29 is 22.3 Å². The topological polar surface area (TPSA) is 37.4 Å². The summed E-state index contributed by atoms with van der Waals surface area (Å²) in [5.74, 6) is -0.163. The SMILES string of the molecule is COc1ccc(CN2CCC(Nc3ncc(C(F)(F)F)s3)CC2)cc1F. The molecule has 2 aromatic rings. The number of alkyl halides is 3. The maximum Gasteiger partial charge on any atom is 0.427 e. The quantitative estimate of drug-likeness (QED) is 0.770. The van der Waals surface area contributed by atoms with Crippen LogP contribution >= 0.6 is 11.3 Å². The second-order valence-electron chi connectivity index (χ2n) is 6.19. The lowest BCUT2D eigenvalue weighted by molar-refractivity contribution is -0.134. The highest BCUT2D eigenvalue weighted by Crippen LogP contribution is 2.35. The molecule has 1 aromatic heterocycles. The first-order valence-corrected chi connectivity index (χ1v) is 9.01. The van der Waals surface area contributed by atoms with Crippen molar-refractivity contribution in [2.75, 3.05) is 25.5 Å². The smallest absolute Gasteiger partial charge is 0.427 e. The van der Waals surface area contributed by atoms with Crippen LogP contribution < -0.4 is 10.1 Å². The zero-order chi connectivity index (χ0) is 18.7. The number of likely N-dealkylation sites (tertiary alicyclic amines) is 1. The third-order valence-electron chi connectivity index (χ3n) is 4.32. The molecule has 0 spiro atoms. The molecule has 3 rings (SSSR count). The van der Waals surface area contributed by atoms with Crippen LogP contribution in [-0.2, 0) is 12.7 Å². The minimum Gasteiger partial charge on any atom is -0.494 e. The predicted molar refractivity (Wildman–Crippen MR) is 92.0 cm³/mol. The van der Waals surface area contributed by atoms with Crippen LogP contribution in [0.5, 0.6) is 5.75 Å². The van der Waals surface area contributed by atoms with Crippen LogP contribution in [0.3, 0.4) is 0 Å². The zero-order valence-corrected chi connectivity index (χ0v) is 15.0. The van der Waals surface area contributed by atoms with Gasteiger partial charge in [0.15, 0.2) is 16.7 Å². The number of methoxy groups -OCH3 is 1. The average Bonchev–Trinajstić information content (AvgIpc) is 3.06. The number of rotatable bonds is 5. The Labute approximate surface area is 152 Å². The van der Waals surface area contributed by atoms with Crippen LogP contribution in [-0.4, -0.2) is 36.1 Å². The molecule has 1 aliphatic heterocycles. The van der Waals surface area contributed by atoms with Gasteiger partial charge < -0.3 is 10.1 Å². The molecule has 0 bridgehead atoms. The van der Waals surface area contributed by atoms with Gasteiger partial charge in [0, 0.05) is 25.7 Å². The van der Waals surface area contributed by atoms with E-state index < -0.39 is 11.1 Å². The van der Waals surface area contributed by atoms with Crippen molar-refractivity contribution in [1.82, 2.24) is 9.88 Å². The first-order chi connectivity index (χ1) is 12.3. The summed E-state index contributed by atoms with van der Waals surface area (Å²) in [4.78, 5) is 5.31. The van der Waals surface area contributed by atoms with Gasteiger partial charge >= 0.3 is 6.18 Å². The number of nitrogens with one attached hydrogen (secondary N) is 1. The number of halogens is 4. The Kier molecular flexibility index (Phi) is 5.67. The molecule has 1 aliphatic rings. The Balaban J connectivity index is 1.50. The number of hydrogen-bond acceptors (Lipinski definition) is 5. The molecule has 142 valence electrons. The van der Waals surface area contributed by atoms with E-state index in [1.165, 1.54) is 13.2 Å². The number of piperidine rings is 1. The molecule has 1 fully saturated rings. The number of benzene rings is 1. The number of nitrogens with zero attached hydrogens (tertiary/aromatic N) is 2. The fraction of sp³-hybridized carbons (Fsp3) is 0.471. The van der Waals surface area contributed by atoms with Crippen molar-refractivity contribution >= 4 is 16.5 Å². The fourth-order valence-electron chi connectivity index (χ4n) is 2.95. The highest BCUT2D eigenvalue weighted by atomic mass is 32.1. The van der Waals surface area contributed by atoms with Gasteiger partial charge in [-0.15, -0.1) is 0 Å². The number of hydrogen-bond donors (Lipinski definition) is 1. The van der Waals surface area contributed by atoms with Crippen molar-refractivity contribution in [2.24, 2.45) is 0 Å². The fourth-order valence-corrected chi connectivity index (χ4v) is 3.71. The van der Waals surface area contributed by atoms with Crippen LogP contribution in [0.25, 0.3) is 0 Å². The van der Waals surface area contributed by atoms with Gasteiger partial charge in [-0.05, 0) is 30.5 Å². The van der Waals surface area contributed by atoms with E-state index in [9.17, 15) is 17.6 Å². The van der Waals surface area contributed by atoms with E-state index in [1.54, 1.807) is 6.07 Å². The number of thiazole rings is 1. The molecule has 1 saturated heterocycles. The standard InChI is InChI=1S/C17H19F4N3OS/c1-25-14-3-2-11(8-13(14)18)10-24-6-4-12(5-7-24)23-16-22-9-15(26-16)17(19,20)21/h2-3,8-9,12H,4-7,10H2,1H3,(H,22,23). The summed E-state index contributed by atoms with van der Waals surface area (Å²) in [5.41, 5.74) is 0.865. The third-order valence-corrected chi connectivity index (χ3v) is 5.30. The summed E-state index contributed by atoms with van der Waals surface area (Å²) in [6, 6.07) is 5.00. The maximum atomic E-state index is 13.8. The van der Waals surface area contributed by atoms with Gasteiger partial charge in [0.25, 0.3) is 0 Å². The first kappa shape index (κ1) is 18.9. The van der Waals surface area contributed by atoms with E-state index in [-0.39, 0.29) is 17.6 Å². The summed E-state index contributed by atoms with van der Waals surface area (Å²) in [5, 5.41) is 3.39. The molecule has 0 aliphatic carbocycles. The van der Waals surface area contributed by atoms with E-state index in [4.69, 9.17) is 4.74 Å². The molecule has 0 radical (unpaired) electrons. The van der Waals surface area contributed by atoms with E-state index in [2.05, 4.69) is 15.2 Å². The Morgan fingerprint density at radius 2 is 2.04 bits per heavy atom. The normalized spacial score (nSPS) is 16.7. The van der Waals surface area contributed by atoms with Gasteiger partial charge in [0.2, 0.25) is 0 Å². The minimum atomic E-state index is -4.35. The molecular formula is C17H19F4N3OS. The molecule has 1 N–H and O–H groups in total. The average molecular weight is 389 g/mol. The molecule has 0 saturated carbocycles. The van der Waals surface area contributed by atoms with Gasteiger partial charge in [0.1, 0.15) is 4.88 Å². The number of aromatic nitrogens is 1. The van der Waals surface area contributed by atoms with Crippen LogP contribution in [0, 0.1) is 5.82 Å². The van der Waals surface area contributed by atoms with Crippen molar-refractivity contribution in [3.8, 4) is 5.75 Å². The number of anilines is 1. The summed E-state index contributed by atoms with van der Waals surface area (Å²) < 4.78 is 56.5. The molecule has 2 heterocycles. The molecule has 26 heavy (non-hydrogen) atoms. The summed E-state index contributed by atoms with van der Waals surface area (Å²) in [7, 11) is 1.43. The molecule has 4 nitrogen and oxygen atoms in total. The van der Waals surface area contributed by atoms with Crippen LogP contribution in [0.1, 0.15) is 23.3 Å². The van der Waals surface area contributed by atoms with Crippen molar-refractivity contribution in [3.05, 3.63) is 40.7 Å². The summed E-state index contributed by atoms with van der Waals surface area (Å²) in [6.45, 7) is 2.19. The highest BCUT2D eigenvalue weighted by Gasteiger charge is 2.33. The Morgan fingerprint density at radius 1 is 1.31 bits per heavy atom. The molecule has 0 unspecified atom stereocenters. The second-order valence-corrected chi connectivity index (χ2v) is 7.22. The van der Waals surface area contributed by atoms with Crippen LogP contribution in [0.2, 0.25) is 0 Å². The van der Waals surface area contributed by atoms with E-state index in [0.717, 1.165) is 37.7 Å². The van der Waals surface area contributed by atoms with Crippen LogP contribution in [0.15, 0.2) is 24.4 Å². The molecule has 9 heteroatoms. The Morgan fingerprint density at radius 3 is 2.62 bits per heavy atom. The lowest BCUT2D eigenvalue weighted by Crippen LogP contribution is -2.38. The van der Waals surface area contributed by atoms with E-state index in [0.29, 0.717) is 23.0 Å². The third kappa shape index (κ3) is 4.64. The predicted octanol–water partition coefficient (Wildman–Crippen LogP) is 4.39. The van der Waals surface area contributed by atoms with Crippen molar-refractivity contribution in [3.63, 3.8) is 0 Å². The van der Waals surface area contributed by atoms with Gasteiger partial charge in [-0.2, -0.15) is 13.2 Å². The zero-order valence-electron chi connectivity index (χ0n) is 14.1. The largest absolute Gasteiger partial charge is 0.494 e. The molecule has 0 atom stereocenters. The van der Waals surface area contributed by atoms with Crippen molar-refractivity contribution in [2.45, 2.75) is 31.6 Å². The molecule has 0 amide bonds. The molecular weight excluding hydrogens is 370 g/mol. The Hall–Kier alpha value is -1.87.